The largest absolute Gasteiger partial charge is 0.454 e. The number of hydrogen-bond donors (Lipinski definition) is 0. The molecule has 2 aliphatic heterocycles. The van der Waals surface area contributed by atoms with Gasteiger partial charge in [-0.2, -0.15) is 5.10 Å². The van der Waals surface area contributed by atoms with Crippen molar-refractivity contribution in [1.82, 2.24) is 19.7 Å². The van der Waals surface area contributed by atoms with Crippen LogP contribution in [0.5, 0.6) is 11.5 Å². The van der Waals surface area contributed by atoms with Gasteiger partial charge < -0.3 is 14.4 Å². The van der Waals surface area contributed by atoms with Crippen molar-refractivity contribution in [2.45, 2.75) is 26.2 Å². The van der Waals surface area contributed by atoms with Crippen LogP contribution >= 0.6 is 0 Å². The van der Waals surface area contributed by atoms with Gasteiger partial charge in [-0.1, -0.05) is 25.1 Å². The molecule has 1 fully saturated rings. The Morgan fingerprint density at radius 2 is 2.03 bits per heavy atom. The zero-order valence-corrected chi connectivity index (χ0v) is 17.0. The lowest BCUT2D eigenvalue weighted by molar-refractivity contribution is 0.0550. The predicted molar refractivity (Wildman–Crippen MR) is 111 cm³/mol. The molecule has 7 nitrogen and oxygen atoms in total. The van der Waals surface area contributed by atoms with Gasteiger partial charge in [-0.05, 0) is 54.5 Å². The lowest BCUT2D eigenvalue weighted by Crippen LogP contribution is -2.46. The molecule has 30 heavy (non-hydrogen) atoms. The number of nitrogens with zero attached hydrogens (tertiary/aromatic N) is 4. The lowest BCUT2D eigenvalue weighted by Gasteiger charge is -2.41. The van der Waals surface area contributed by atoms with E-state index < -0.39 is 0 Å². The molecule has 2 aromatic carbocycles. The third kappa shape index (κ3) is 3.51. The second-order valence-electron chi connectivity index (χ2n) is 8.36. The van der Waals surface area contributed by atoms with Gasteiger partial charge in [0, 0.05) is 13.1 Å². The summed E-state index contributed by atoms with van der Waals surface area (Å²) in [5.41, 5.74) is 2.61. The van der Waals surface area contributed by atoms with E-state index in [1.165, 1.54) is 11.9 Å². The Labute approximate surface area is 175 Å². The fourth-order valence-corrected chi connectivity index (χ4v) is 4.53. The molecule has 3 heterocycles. The summed E-state index contributed by atoms with van der Waals surface area (Å²) in [6.07, 6.45) is 6.04. The predicted octanol–water partition coefficient (Wildman–Crippen LogP) is 3.48. The minimum Gasteiger partial charge on any atom is -0.454 e. The first-order valence-electron chi connectivity index (χ1n) is 10.2. The van der Waals surface area contributed by atoms with E-state index in [1.54, 1.807) is 11.0 Å². The number of carbonyl (C=O) groups is 1. The van der Waals surface area contributed by atoms with Gasteiger partial charge in [0.15, 0.2) is 11.5 Å². The Kier molecular flexibility index (Phi) is 4.65. The molecule has 0 aliphatic carbocycles. The number of amides is 1. The highest BCUT2D eigenvalue weighted by Crippen LogP contribution is 2.38. The van der Waals surface area contributed by atoms with Crippen molar-refractivity contribution in [2.75, 3.05) is 19.9 Å². The Hall–Kier alpha value is -3.35. The Morgan fingerprint density at radius 1 is 1.17 bits per heavy atom. The highest BCUT2D eigenvalue weighted by atomic mass is 16.7. The Bertz CT molecular complexity index is 1070. The highest BCUT2D eigenvalue weighted by Gasteiger charge is 2.34. The normalized spacial score (nSPS) is 20.4. The number of ether oxygens (including phenoxy) is 2. The third-order valence-corrected chi connectivity index (χ3v) is 5.94. The number of likely N-dealkylation sites (tertiary alicyclic amines) is 1. The first-order valence-corrected chi connectivity index (χ1v) is 10.2. The summed E-state index contributed by atoms with van der Waals surface area (Å²) in [4.78, 5) is 19.4. The molecule has 0 N–H and O–H groups in total. The van der Waals surface area contributed by atoms with Crippen LogP contribution in [0.1, 0.15) is 35.7 Å². The fourth-order valence-electron chi connectivity index (χ4n) is 4.53. The van der Waals surface area contributed by atoms with Crippen LogP contribution < -0.4 is 9.47 Å². The average Bonchev–Trinajstić information content (AvgIpc) is 3.45. The second kappa shape index (κ2) is 7.48. The number of hydrogen-bond acceptors (Lipinski definition) is 5. The fraction of sp³-hybridized carbons (Fsp3) is 0.348. The van der Waals surface area contributed by atoms with Gasteiger partial charge in [0.05, 0.1) is 11.3 Å². The second-order valence-corrected chi connectivity index (χ2v) is 8.36. The van der Waals surface area contributed by atoms with Crippen LogP contribution in [0.15, 0.2) is 55.1 Å². The molecule has 0 unspecified atom stereocenters. The van der Waals surface area contributed by atoms with Crippen LogP contribution in [0.4, 0.5) is 0 Å². The van der Waals surface area contributed by atoms with E-state index in [0.717, 1.165) is 43.0 Å². The van der Waals surface area contributed by atoms with E-state index in [-0.39, 0.29) is 18.1 Å². The zero-order valence-electron chi connectivity index (χ0n) is 17.0. The maximum absolute atomic E-state index is 13.4. The number of benzene rings is 2. The third-order valence-electron chi connectivity index (χ3n) is 5.94. The quantitative estimate of drug-likeness (QED) is 0.666. The van der Waals surface area contributed by atoms with Gasteiger partial charge in [0.1, 0.15) is 12.7 Å². The van der Waals surface area contributed by atoms with Crippen LogP contribution in [-0.4, -0.2) is 45.5 Å². The van der Waals surface area contributed by atoms with Gasteiger partial charge in [-0.25, -0.2) is 9.67 Å². The topological polar surface area (TPSA) is 69.5 Å². The summed E-state index contributed by atoms with van der Waals surface area (Å²) in [7, 11) is 0. The minimum atomic E-state index is 0.00378. The summed E-state index contributed by atoms with van der Waals surface area (Å²) in [5.74, 6) is 1.65. The van der Waals surface area contributed by atoms with Crippen molar-refractivity contribution in [3.63, 3.8) is 0 Å². The number of rotatable bonds is 4. The van der Waals surface area contributed by atoms with Crippen LogP contribution in [0, 0.1) is 5.41 Å². The number of fused-ring (bicyclic) bond motifs is 1. The standard InChI is InChI=1S/C23H24N4O3/c1-23(12-17-7-8-20-21(11-17)30-16-29-20)9-4-10-26(13-23)22(28)18-5-2-3-6-19(18)27-15-24-14-25-27/h2-3,5-8,11,14-15H,4,9-10,12-13,16H2,1H3/t23-/m1/s1. The van der Waals surface area contributed by atoms with Crippen molar-refractivity contribution in [3.05, 3.63) is 66.2 Å². The molecule has 1 aromatic heterocycles. The molecule has 5 rings (SSSR count). The molecule has 1 amide bonds. The Morgan fingerprint density at radius 3 is 2.90 bits per heavy atom. The van der Waals surface area contributed by atoms with Crippen LogP contribution in [0.25, 0.3) is 5.69 Å². The molecule has 1 atom stereocenters. The SMILES string of the molecule is C[C@]1(Cc2ccc3c(c2)OCO3)CCCN(C(=O)c2ccccc2-n2cncn2)C1. The molecule has 0 spiro atoms. The van der Waals surface area contributed by atoms with Crippen molar-refractivity contribution < 1.29 is 14.3 Å². The lowest BCUT2D eigenvalue weighted by atomic mass is 9.76. The van der Waals surface area contributed by atoms with Crippen molar-refractivity contribution in [2.24, 2.45) is 5.41 Å². The smallest absolute Gasteiger partial charge is 0.256 e. The van der Waals surface area contributed by atoms with Crippen molar-refractivity contribution in [1.29, 1.82) is 0 Å². The molecule has 3 aromatic rings. The van der Waals surface area contributed by atoms with E-state index in [0.29, 0.717) is 12.1 Å². The highest BCUT2D eigenvalue weighted by molar-refractivity contribution is 5.97. The van der Waals surface area contributed by atoms with Gasteiger partial charge in [0.2, 0.25) is 6.79 Å². The summed E-state index contributed by atoms with van der Waals surface area (Å²) in [6.45, 7) is 4.02. The first kappa shape index (κ1) is 18.7. The van der Waals surface area contributed by atoms with Crippen LogP contribution in [0.2, 0.25) is 0 Å². The summed E-state index contributed by atoms with van der Waals surface area (Å²) in [5, 5.41) is 4.20. The van der Waals surface area contributed by atoms with Crippen molar-refractivity contribution >= 4 is 5.91 Å². The number of carbonyl (C=O) groups excluding carboxylic acids is 1. The number of para-hydroxylation sites is 1. The van der Waals surface area contributed by atoms with Gasteiger partial charge >= 0.3 is 0 Å². The van der Waals surface area contributed by atoms with E-state index in [1.807, 2.05) is 35.2 Å². The van der Waals surface area contributed by atoms with Gasteiger partial charge in [-0.3, -0.25) is 4.79 Å². The van der Waals surface area contributed by atoms with Crippen molar-refractivity contribution in [3.8, 4) is 17.2 Å². The van der Waals surface area contributed by atoms with Crippen LogP contribution in [-0.2, 0) is 6.42 Å². The molecule has 7 heteroatoms. The summed E-state index contributed by atoms with van der Waals surface area (Å²) in [6, 6.07) is 13.7. The maximum Gasteiger partial charge on any atom is 0.256 e. The molecule has 2 aliphatic rings. The molecule has 0 bridgehead atoms. The molecular formula is C23H24N4O3. The molecule has 1 saturated heterocycles. The molecule has 0 radical (unpaired) electrons. The monoisotopic (exact) mass is 404 g/mol. The minimum absolute atomic E-state index is 0.00378. The van der Waals surface area contributed by atoms with E-state index >= 15 is 0 Å². The van der Waals surface area contributed by atoms with E-state index in [2.05, 4.69) is 29.1 Å². The van der Waals surface area contributed by atoms with E-state index in [4.69, 9.17) is 9.47 Å². The zero-order chi connectivity index (χ0) is 20.6. The number of piperidine rings is 1. The molecular weight excluding hydrogens is 380 g/mol. The first-order chi connectivity index (χ1) is 14.6. The molecule has 154 valence electrons. The summed E-state index contributed by atoms with van der Waals surface area (Å²) < 4.78 is 12.6. The van der Waals surface area contributed by atoms with Crippen LogP contribution in [0.3, 0.4) is 0 Å². The van der Waals surface area contributed by atoms with Gasteiger partial charge in [-0.15, -0.1) is 0 Å². The van der Waals surface area contributed by atoms with E-state index in [9.17, 15) is 4.79 Å². The molecule has 0 saturated carbocycles. The maximum atomic E-state index is 13.4. The van der Waals surface area contributed by atoms with Gasteiger partial charge in [0.25, 0.3) is 5.91 Å². The Balaban J connectivity index is 1.36. The summed E-state index contributed by atoms with van der Waals surface area (Å²) >= 11 is 0. The average molecular weight is 404 g/mol. The number of aromatic nitrogens is 3.